The van der Waals surface area contributed by atoms with E-state index in [1.54, 1.807) is 0 Å². The predicted molar refractivity (Wildman–Crippen MR) is 53.1 cm³/mol. The second-order valence-corrected chi connectivity index (χ2v) is 2.87. The minimum Gasteiger partial charge on any atom is -0.396 e. The summed E-state index contributed by atoms with van der Waals surface area (Å²) in [6, 6.07) is 0. The van der Waals surface area contributed by atoms with Crippen LogP contribution < -0.4 is 0 Å². The summed E-state index contributed by atoms with van der Waals surface area (Å²) >= 11 is 10.5. The van der Waals surface area contributed by atoms with Crippen molar-refractivity contribution in [2.75, 3.05) is 18.4 Å². The number of carbonyl (C=O) groups is 1. The summed E-state index contributed by atoms with van der Waals surface area (Å²) in [4.78, 5) is 9.51. The van der Waals surface area contributed by atoms with Crippen LogP contribution in [0.4, 0.5) is 0 Å². The van der Waals surface area contributed by atoms with E-state index in [9.17, 15) is 4.79 Å². The molecule has 0 aliphatic carbocycles. The van der Waals surface area contributed by atoms with Gasteiger partial charge in [0.05, 0.1) is 0 Å². The molecule has 0 aliphatic heterocycles. The summed E-state index contributed by atoms with van der Waals surface area (Å²) in [6.45, 7) is 0.271. The molecule has 1 N–H and O–H groups in total. The highest BCUT2D eigenvalue weighted by molar-refractivity contribution is 6.18. The van der Waals surface area contributed by atoms with E-state index in [4.69, 9.17) is 28.3 Å². The van der Waals surface area contributed by atoms with Crippen LogP contribution in [0.15, 0.2) is 0 Å². The van der Waals surface area contributed by atoms with Gasteiger partial charge in [0.15, 0.2) is 0 Å². The van der Waals surface area contributed by atoms with Crippen molar-refractivity contribution in [1.29, 1.82) is 0 Å². The third-order valence-electron chi connectivity index (χ3n) is 0.997. The summed E-state index contributed by atoms with van der Waals surface area (Å²) in [5.41, 5.74) is 0. The van der Waals surface area contributed by atoms with Crippen LogP contribution in [0.5, 0.6) is 0 Å². The van der Waals surface area contributed by atoms with Gasteiger partial charge in [-0.05, 0) is 19.3 Å². The Balaban J connectivity index is 0. The Morgan fingerprint density at radius 1 is 1.08 bits per heavy atom. The molecule has 2 nitrogen and oxygen atoms in total. The van der Waals surface area contributed by atoms with E-state index in [1.165, 1.54) is 0 Å². The van der Waals surface area contributed by atoms with Crippen LogP contribution in [0.25, 0.3) is 0 Å². The molecule has 0 radical (unpaired) electrons. The third-order valence-corrected chi connectivity index (χ3v) is 1.53. The number of alkyl halides is 2. The van der Waals surface area contributed by atoms with Crippen molar-refractivity contribution in [2.45, 2.75) is 25.7 Å². The van der Waals surface area contributed by atoms with Crippen molar-refractivity contribution in [3.05, 3.63) is 0 Å². The van der Waals surface area contributed by atoms with Gasteiger partial charge in [-0.1, -0.05) is 0 Å². The molecule has 0 saturated heterocycles. The first-order valence-electron chi connectivity index (χ1n) is 3.99. The molecule has 0 heterocycles. The maximum absolute atomic E-state index is 9.51. The molecule has 0 unspecified atom stereocenters. The van der Waals surface area contributed by atoms with Crippen LogP contribution in [0.1, 0.15) is 25.7 Å². The number of hydrogen-bond acceptors (Lipinski definition) is 2. The highest BCUT2D eigenvalue weighted by Crippen LogP contribution is 1.87. The lowest BCUT2D eigenvalue weighted by Crippen LogP contribution is -1.81. The maximum atomic E-state index is 9.51. The molecule has 0 aromatic heterocycles. The van der Waals surface area contributed by atoms with Gasteiger partial charge in [-0.3, -0.25) is 0 Å². The molecule has 0 rings (SSSR count). The molecule has 0 aliphatic rings. The Bertz CT molecular complexity index is 75.5. The average Bonchev–Trinajstić information content (AvgIpc) is 2.12. The molecule has 74 valence electrons. The van der Waals surface area contributed by atoms with Crippen molar-refractivity contribution in [3.8, 4) is 0 Å². The highest BCUT2D eigenvalue weighted by atomic mass is 35.5. The van der Waals surface area contributed by atoms with Crippen LogP contribution in [0, 0.1) is 0 Å². The normalized spacial score (nSPS) is 8.58. The van der Waals surface area contributed by atoms with Crippen LogP contribution in [0.2, 0.25) is 0 Å². The van der Waals surface area contributed by atoms with Gasteiger partial charge in [0.1, 0.15) is 6.29 Å². The third kappa shape index (κ3) is 22.5. The first-order chi connectivity index (χ1) is 5.83. The minimum absolute atomic E-state index is 0.271. The quantitative estimate of drug-likeness (QED) is 0.419. The largest absolute Gasteiger partial charge is 0.396 e. The number of aliphatic hydroxyl groups is 1. The van der Waals surface area contributed by atoms with E-state index in [0.29, 0.717) is 18.2 Å². The van der Waals surface area contributed by atoms with E-state index in [2.05, 4.69) is 0 Å². The first-order valence-corrected chi connectivity index (χ1v) is 5.06. The summed E-state index contributed by atoms with van der Waals surface area (Å²) < 4.78 is 0. The van der Waals surface area contributed by atoms with Gasteiger partial charge in [0.25, 0.3) is 0 Å². The van der Waals surface area contributed by atoms with E-state index in [1.807, 2.05) is 0 Å². The topological polar surface area (TPSA) is 37.3 Å². The van der Waals surface area contributed by atoms with Gasteiger partial charge in [-0.2, -0.15) is 0 Å². The van der Waals surface area contributed by atoms with E-state index in [0.717, 1.165) is 25.5 Å². The average molecular weight is 215 g/mol. The van der Waals surface area contributed by atoms with Crippen LogP contribution in [-0.4, -0.2) is 29.8 Å². The van der Waals surface area contributed by atoms with Crippen molar-refractivity contribution in [3.63, 3.8) is 0 Å². The Morgan fingerprint density at radius 2 is 1.67 bits per heavy atom. The Hall–Kier alpha value is 0.210. The molecule has 0 spiro atoms. The lowest BCUT2D eigenvalue weighted by atomic mass is 10.4. The SMILES string of the molecule is O=CCCCCl.OCCCCCl. The second-order valence-electron chi connectivity index (χ2n) is 2.12. The van der Waals surface area contributed by atoms with Gasteiger partial charge >= 0.3 is 0 Å². The number of hydrogen-bond donors (Lipinski definition) is 1. The molecule has 0 bridgehead atoms. The number of halogens is 2. The van der Waals surface area contributed by atoms with E-state index in [-0.39, 0.29) is 6.61 Å². The molecule has 0 atom stereocenters. The zero-order valence-electron chi connectivity index (χ0n) is 7.14. The summed E-state index contributed by atoms with van der Waals surface area (Å²) in [5.74, 6) is 1.26. The van der Waals surface area contributed by atoms with Crippen LogP contribution in [0.3, 0.4) is 0 Å². The fraction of sp³-hybridized carbons (Fsp3) is 0.875. The maximum Gasteiger partial charge on any atom is 0.120 e. The van der Waals surface area contributed by atoms with Crippen molar-refractivity contribution >= 4 is 29.5 Å². The Kier molecular flexibility index (Phi) is 21.3. The fourth-order valence-corrected chi connectivity index (χ4v) is 0.710. The minimum atomic E-state index is 0.271. The summed E-state index contributed by atoms with van der Waals surface area (Å²) in [7, 11) is 0. The number of rotatable bonds is 6. The number of aldehydes is 1. The predicted octanol–water partition coefficient (Wildman–Crippen LogP) is 2.20. The molecule has 12 heavy (non-hydrogen) atoms. The fourth-order valence-electron chi connectivity index (χ4n) is 0.367. The van der Waals surface area contributed by atoms with Gasteiger partial charge in [-0.25, -0.2) is 0 Å². The molecule has 0 fully saturated rings. The lowest BCUT2D eigenvalue weighted by Gasteiger charge is -1.84. The monoisotopic (exact) mass is 214 g/mol. The van der Waals surface area contributed by atoms with Crippen LogP contribution >= 0.6 is 23.2 Å². The second kappa shape index (κ2) is 17.3. The zero-order valence-corrected chi connectivity index (χ0v) is 8.65. The number of unbranched alkanes of at least 4 members (excludes halogenated alkanes) is 2. The molecule has 0 saturated carbocycles. The van der Waals surface area contributed by atoms with Gasteiger partial charge < -0.3 is 9.90 Å². The standard InChI is InChI=1S/C4H9ClO.C4H7ClO/c2*5-3-1-2-4-6/h6H,1-4H2;4H,1-3H2. The van der Waals surface area contributed by atoms with Crippen LogP contribution in [-0.2, 0) is 4.79 Å². The zero-order chi connectivity index (χ0) is 9.66. The molecular weight excluding hydrogens is 199 g/mol. The van der Waals surface area contributed by atoms with Crippen molar-refractivity contribution < 1.29 is 9.90 Å². The van der Waals surface area contributed by atoms with Crippen molar-refractivity contribution in [1.82, 2.24) is 0 Å². The van der Waals surface area contributed by atoms with Gasteiger partial charge in [-0.15, -0.1) is 23.2 Å². The molecule has 0 aromatic rings. The van der Waals surface area contributed by atoms with Gasteiger partial charge in [0, 0.05) is 24.8 Å². The Morgan fingerprint density at radius 3 is 1.83 bits per heavy atom. The summed E-state index contributed by atoms with van der Waals surface area (Å²) in [6.07, 6.45) is 4.05. The molecule has 0 aromatic carbocycles. The summed E-state index contributed by atoms with van der Waals surface area (Å²) in [5, 5.41) is 8.14. The first kappa shape index (κ1) is 14.7. The van der Waals surface area contributed by atoms with E-state index < -0.39 is 0 Å². The van der Waals surface area contributed by atoms with Crippen molar-refractivity contribution in [2.24, 2.45) is 0 Å². The van der Waals surface area contributed by atoms with E-state index >= 15 is 0 Å². The smallest absolute Gasteiger partial charge is 0.120 e. The molecular formula is C8H16Cl2O2. The number of carbonyl (C=O) groups excluding carboxylic acids is 1. The highest BCUT2D eigenvalue weighted by Gasteiger charge is 1.78. The molecule has 4 heteroatoms. The Labute approximate surface area is 83.9 Å². The molecule has 0 amide bonds. The number of aliphatic hydroxyl groups excluding tert-OH is 1. The van der Waals surface area contributed by atoms with Gasteiger partial charge in [0.2, 0.25) is 0 Å². The lowest BCUT2D eigenvalue weighted by molar-refractivity contribution is -0.107.